The van der Waals surface area contributed by atoms with Gasteiger partial charge in [0, 0.05) is 6.54 Å². The molecule has 1 fully saturated rings. The molecule has 1 atom stereocenters. The molecule has 0 spiro atoms. The van der Waals surface area contributed by atoms with E-state index in [-0.39, 0.29) is 5.75 Å². The summed E-state index contributed by atoms with van der Waals surface area (Å²) in [6.07, 6.45) is 0. The SMILES string of the molecule is O=C(O)C(c1ccc(O)cc1)N1CSC(=S)N(Cc2ccccc2)C1. The monoisotopic (exact) mass is 374 g/mol. The van der Waals surface area contributed by atoms with Gasteiger partial charge in [0.25, 0.3) is 0 Å². The van der Waals surface area contributed by atoms with Gasteiger partial charge in [0.2, 0.25) is 0 Å². The second kappa shape index (κ2) is 7.86. The third kappa shape index (κ3) is 4.31. The fraction of sp³-hybridized carbons (Fsp3) is 0.222. The predicted octanol–water partition coefficient (Wildman–Crippen LogP) is 3.27. The van der Waals surface area contributed by atoms with Crippen LogP contribution in [0.3, 0.4) is 0 Å². The molecule has 0 bridgehead atoms. The molecule has 0 saturated carbocycles. The predicted molar refractivity (Wildman–Crippen MR) is 102 cm³/mol. The van der Waals surface area contributed by atoms with Gasteiger partial charge in [-0.15, -0.1) is 0 Å². The fourth-order valence-electron chi connectivity index (χ4n) is 2.79. The number of carbonyl (C=O) groups is 1. The number of aliphatic carboxylic acids is 1. The number of thiocarbonyl (C=S) groups is 1. The van der Waals surface area contributed by atoms with Crippen LogP contribution in [0.15, 0.2) is 54.6 Å². The molecule has 1 aliphatic heterocycles. The molecule has 25 heavy (non-hydrogen) atoms. The topological polar surface area (TPSA) is 64.0 Å². The number of hydrogen-bond donors (Lipinski definition) is 2. The van der Waals surface area contributed by atoms with E-state index in [4.69, 9.17) is 12.2 Å². The number of carboxylic acids is 1. The maximum Gasteiger partial charge on any atom is 0.325 e. The van der Waals surface area contributed by atoms with Crippen molar-refractivity contribution in [3.8, 4) is 5.75 Å². The summed E-state index contributed by atoms with van der Waals surface area (Å²) in [6, 6.07) is 15.5. The number of carboxylic acid groups (broad SMARTS) is 1. The molecule has 0 radical (unpaired) electrons. The van der Waals surface area contributed by atoms with Gasteiger partial charge in [-0.05, 0) is 23.3 Å². The van der Waals surface area contributed by atoms with Gasteiger partial charge in [-0.3, -0.25) is 9.69 Å². The molecule has 7 heteroatoms. The Balaban J connectivity index is 1.79. The first-order valence-corrected chi connectivity index (χ1v) is 9.15. The number of phenols is 1. The summed E-state index contributed by atoms with van der Waals surface area (Å²) in [5.74, 6) is -0.284. The Hall–Kier alpha value is -2.09. The Kier molecular flexibility index (Phi) is 5.57. The van der Waals surface area contributed by atoms with Gasteiger partial charge in [0.1, 0.15) is 16.1 Å². The van der Waals surface area contributed by atoms with E-state index in [1.807, 2.05) is 40.1 Å². The van der Waals surface area contributed by atoms with Crippen molar-refractivity contribution in [2.75, 3.05) is 12.5 Å². The Bertz CT molecular complexity index is 753. The zero-order chi connectivity index (χ0) is 17.8. The zero-order valence-corrected chi connectivity index (χ0v) is 15.0. The number of hydrogen-bond acceptors (Lipinski definition) is 5. The summed E-state index contributed by atoms with van der Waals surface area (Å²) in [5, 5.41) is 19.2. The standard InChI is InChI=1S/C18H18N2O3S2/c21-15-8-6-14(7-9-15)16(17(22)23)20-11-19(18(24)25-12-20)10-13-4-2-1-3-5-13/h1-9,16,21H,10-12H2,(H,22,23). The number of aromatic hydroxyl groups is 1. The minimum atomic E-state index is -0.918. The van der Waals surface area contributed by atoms with Crippen molar-refractivity contribution < 1.29 is 15.0 Å². The lowest BCUT2D eigenvalue weighted by atomic mass is 10.1. The van der Waals surface area contributed by atoms with Gasteiger partial charge in [0.15, 0.2) is 0 Å². The van der Waals surface area contributed by atoms with Crippen LogP contribution in [0.4, 0.5) is 0 Å². The second-order valence-electron chi connectivity index (χ2n) is 5.79. The second-order valence-corrected chi connectivity index (χ2v) is 7.36. The first-order chi connectivity index (χ1) is 12.0. The van der Waals surface area contributed by atoms with Crippen LogP contribution >= 0.6 is 24.0 Å². The largest absolute Gasteiger partial charge is 0.508 e. The zero-order valence-electron chi connectivity index (χ0n) is 13.4. The van der Waals surface area contributed by atoms with Gasteiger partial charge in [0.05, 0.1) is 12.5 Å². The van der Waals surface area contributed by atoms with Crippen molar-refractivity contribution >= 4 is 34.3 Å². The van der Waals surface area contributed by atoms with Crippen LogP contribution in [0.2, 0.25) is 0 Å². The van der Waals surface area contributed by atoms with Gasteiger partial charge in [-0.1, -0.05) is 66.4 Å². The van der Waals surface area contributed by atoms with Crippen molar-refractivity contribution in [3.05, 3.63) is 65.7 Å². The number of phenolic OH excluding ortho intramolecular Hbond substituents is 1. The van der Waals surface area contributed by atoms with Crippen molar-refractivity contribution in [3.63, 3.8) is 0 Å². The van der Waals surface area contributed by atoms with Gasteiger partial charge >= 0.3 is 5.97 Å². The number of nitrogens with zero attached hydrogens (tertiary/aromatic N) is 2. The molecule has 130 valence electrons. The van der Waals surface area contributed by atoms with E-state index in [1.165, 1.54) is 23.9 Å². The van der Waals surface area contributed by atoms with Crippen LogP contribution < -0.4 is 0 Å². The molecule has 0 amide bonds. The maximum absolute atomic E-state index is 11.9. The quantitative estimate of drug-likeness (QED) is 0.779. The smallest absolute Gasteiger partial charge is 0.325 e. The molecule has 2 aromatic rings. The maximum atomic E-state index is 11.9. The lowest BCUT2D eigenvalue weighted by molar-refractivity contribution is -0.143. The lowest BCUT2D eigenvalue weighted by Gasteiger charge is -2.39. The average Bonchev–Trinajstić information content (AvgIpc) is 2.60. The summed E-state index contributed by atoms with van der Waals surface area (Å²) in [5.41, 5.74) is 1.77. The fourth-order valence-corrected chi connectivity index (χ4v) is 3.88. The van der Waals surface area contributed by atoms with Crippen LogP contribution in [0, 0.1) is 0 Å². The van der Waals surface area contributed by atoms with Crippen molar-refractivity contribution in [1.82, 2.24) is 9.80 Å². The van der Waals surface area contributed by atoms with Crippen molar-refractivity contribution in [1.29, 1.82) is 0 Å². The highest BCUT2D eigenvalue weighted by Crippen LogP contribution is 2.30. The van der Waals surface area contributed by atoms with E-state index in [9.17, 15) is 15.0 Å². The van der Waals surface area contributed by atoms with E-state index >= 15 is 0 Å². The van der Waals surface area contributed by atoms with Crippen LogP contribution in [-0.2, 0) is 11.3 Å². The lowest BCUT2D eigenvalue weighted by Crippen LogP contribution is -2.47. The molecule has 1 aliphatic rings. The van der Waals surface area contributed by atoms with Gasteiger partial charge in [-0.25, -0.2) is 0 Å². The molecular weight excluding hydrogens is 356 g/mol. The third-order valence-electron chi connectivity index (χ3n) is 3.99. The van der Waals surface area contributed by atoms with Crippen LogP contribution in [0.5, 0.6) is 5.75 Å². The highest BCUT2D eigenvalue weighted by atomic mass is 32.2. The Morgan fingerprint density at radius 2 is 1.84 bits per heavy atom. The minimum absolute atomic E-state index is 0.118. The molecule has 1 unspecified atom stereocenters. The van der Waals surface area contributed by atoms with Crippen LogP contribution in [-0.4, -0.2) is 42.8 Å². The Morgan fingerprint density at radius 3 is 2.48 bits per heavy atom. The molecule has 5 nitrogen and oxygen atoms in total. The molecule has 3 rings (SSSR count). The summed E-state index contributed by atoms with van der Waals surface area (Å²) in [6.45, 7) is 1.09. The Labute approximate surface area is 155 Å². The van der Waals surface area contributed by atoms with Gasteiger partial charge in [-0.2, -0.15) is 0 Å². The van der Waals surface area contributed by atoms with E-state index in [0.717, 1.165) is 9.88 Å². The van der Waals surface area contributed by atoms with Gasteiger partial charge < -0.3 is 15.1 Å². The summed E-state index contributed by atoms with van der Waals surface area (Å²) < 4.78 is 0.773. The molecule has 1 heterocycles. The minimum Gasteiger partial charge on any atom is -0.508 e. The summed E-state index contributed by atoms with van der Waals surface area (Å²) in [7, 11) is 0. The highest BCUT2D eigenvalue weighted by molar-refractivity contribution is 8.22. The number of thioether (sulfide) groups is 1. The molecule has 0 aromatic heterocycles. The first kappa shape index (κ1) is 17.7. The van der Waals surface area contributed by atoms with E-state index in [0.29, 0.717) is 24.7 Å². The third-order valence-corrected chi connectivity index (χ3v) is 5.57. The molecular formula is C18H18N2O3S2. The van der Waals surface area contributed by atoms with E-state index in [1.54, 1.807) is 12.1 Å². The van der Waals surface area contributed by atoms with E-state index in [2.05, 4.69) is 0 Å². The molecule has 2 aromatic carbocycles. The molecule has 2 N–H and O–H groups in total. The number of benzene rings is 2. The summed E-state index contributed by atoms with van der Waals surface area (Å²) >= 11 is 6.91. The molecule has 0 aliphatic carbocycles. The van der Waals surface area contributed by atoms with E-state index < -0.39 is 12.0 Å². The Morgan fingerprint density at radius 1 is 1.16 bits per heavy atom. The van der Waals surface area contributed by atoms with Crippen molar-refractivity contribution in [2.24, 2.45) is 0 Å². The number of rotatable bonds is 5. The highest BCUT2D eigenvalue weighted by Gasteiger charge is 2.32. The first-order valence-electron chi connectivity index (χ1n) is 7.76. The normalized spacial score (nSPS) is 16.6. The van der Waals surface area contributed by atoms with Crippen molar-refractivity contribution in [2.45, 2.75) is 12.6 Å². The average molecular weight is 374 g/mol. The van der Waals surface area contributed by atoms with Crippen LogP contribution in [0.1, 0.15) is 17.2 Å². The van der Waals surface area contributed by atoms with Crippen LogP contribution in [0.25, 0.3) is 0 Å². The summed E-state index contributed by atoms with van der Waals surface area (Å²) in [4.78, 5) is 15.7. The molecule has 1 saturated heterocycles.